The third kappa shape index (κ3) is 2.75. The molecule has 1 heterocycles. The van der Waals surface area contributed by atoms with Crippen LogP contribution >= 0.6 is 23.2 Å². The van der Waals surface area contributed by atoms with Gasteiger partial charge in [-0.1, -0.05) is 29.3 Å². The minimum Gasteiger partial charge on any atom is -0.368 e. The Bertz CT molecular complexity index is 390. The van der Waals surface area contributed by atoms with E-state index in [1.54, 1.807) is 6.07 Å². The Hall–Kier alpha value is -0.320. The first kappa shape index (κ1) is 13.1. The Morgan fingerprint density at radius 2 is 2.12 bits per heavy atom. The van der Waals surface area contributed by atoms with E-state index in [0.717, 1.165) is 25.1 Å². The summed E-state index contributed by atoms with van der Waals surface area (Å²) in [6.07, 6.45) is 0.835. The van der Waals surface area contributed by atoms with Crippen molar-refractivity contribution >= 4 is 23.2 Å². The van der Waals surface area contributed by atoms with Crippen LogP contribution in [0, 0.1) is 0 Å². The number of hydrogen-bond donors (Lipinski definition) is 2. The van der Waals surface area contributed by atoms with Gasteiger partial charge in [0.25, 0.3) is 0 Å². The van der Waals surface area contributed by atoms with Gasteiger partial charge in [-0.15, -0.1) is 0 Å². The summed E-state index contributed by atoms with van der Waals surface area (Å²) in [6.45, 7) is 2.82. The van der Waals surface area contributed by atoms with Crippen molar-refractivity contribution in [2.45, 2.75) is 12.0 Å². The van der Waals surface area contributed by atoms with Gasteiger partial charge >= 0.3 is 0 Å². The maximum absolute atomic E-state index is 6.05. The number of halogens is 2. The number of rotatable bonds is 2. The lowest BCUT2D eigenvalue weighted by atomic mass is 9.90. The molecule has 0 spiro atoms. The van der Waals surface area contributed by atoms with Gasteiger partial charge in [-0.2, -0.15) is 0 Å². The second-order valence-electron chi connectivity index (χ2n) is 4.18. The number of nitrogens with one attached hydrogen (secondary N) is 1. The lowest BCUT2D eigenvalue weighted by Gasteiger charge is -2.31. The molecule has 0 saturated carbocycles. The smallest absolute Gasteiger partial charge is 0.107 e. The first-order chi connectivity index (χ1) is 8.18. The molecule has 0 aromatic heterocycles. The molecule has 0 aliphatic carbocycles. The van der Waals surface area contributed by atoms with Gasteiger partial charge in [0.05, 0.1) is 16.7 Å². The number of ether oxygens (including phenoxy) is 1. The highest BCUT2D eigenvalue weighted by Gasteiger charge is 2.33. The molecule has 94 valence electrons. The number of nitrogens with two attached hydrogens (primary N) is 1. The van der Waals surface area contributed by atoms with Gasteiger partial charge in [0.2, 0.25) is 0 Å². The molecular weight excluding hydrogens is 259 g/mol. The van der Waals surface area contributed by atoms with Crippen molar-refractivity contribution in [3.8, 4) is 0 Å². The Balaban J connectivity index is 2.35. The fraction of sp³-hybridized carbons (Fsp3) is 0.500. The predicted molar refractivity (Wildman–Crippen MR) is 70.6 cm³/mol. The van der Waals surface area contributed by atoms with E-state index in [0.29, 0.717) is 23.2 Å². The van der Waals surface area contributed by atoms with E-state index in [2.05, 4.69) is 5.32 Å². The van der Waals surface area contributed by atoms with E-state index in [-0.39, 0.29) is 0 Å². The quantitative estimate of drug-likeness (QED) is 0.869. The average molecular weight is 275 g/mol. The molecule has 2 rings (SSSR count). The molecule has 1 aromatic carbocycles. The molecule has 1 atom stereocenters. The van der Waals surface area contributed by atoms with Crippen molar-refractivity contribution in [1.29, 1.82) is 0 Å². The molecule has 3 N–H and O–H groups in total. The van der Waals surface area contributed by atoms with Crippen molar-refractivity contribution in [2.24, 2.45) is 5.73 Å². The van der Waals surface area contributed by atoms with Crippen LogP contribution in [0.1, 0.15) is 12.0 Å². The summed E-state index contributed by atoms with van der Waals surface area (Å²) >= 11 is 12.0. The van der Waals surface area contributed by atoms with Crippen molar-refractivity contribution in [3.05, 3.63) is 33.8 Å². The van der Waals surface area contributed by atoms with Gasteiger partial charge in [0.1, 0.15) is 5.60 Å². The van der Waals surface area contributed by atoms with E-state index in [1.807, 2.05) is 12.1 Å². The van der Waals surface area contributed by atoms with Gasteiger partial charge in [-0.05, 0) is 30.7 Å². The zero-order valence-corrected chi connectivity index (χ0v) is 11.0. The van der Waals surface area contributed by atoms with Gasteiger partial charge in [-0.3, -0.25) is 0 Å². The van der Waals surface area contributed by atoms with Crippen molar-refractivity contribution in [3.63, 3.8) is 0 Å². The van der Waals surface area contributed by atoms with Gasteiger partial charge in [0, 0.05) is 13.1 Å². The summed E-state index contributed by atoms with van der Waals surface area (Å²) in [7, 11) is 0. The minimum absolute atomic E-state index is 0.437. The summed E-state index contributed by atoms with van der Waals surface area (Å²) in [4.78, 5) is 0. The van der Waals surface area contributed by atoms with Crippen LogP contribution in [0.15, 0.2) is 18.2 Å². The first-order valence-corrected chi connectivity index (χ1v) is 6.44. The van der Waals surface area contributed by atoms with Crippen LogP contribution in [-0.4, -0.2) is 26.2 Å². The van der Waals surface area contributed by atoms with E-state index in [4.69, 9.17) is 33.7 Å². The topological polar surface area (TPSA) is 47.3 Å². The Morgan fingerprint density at radius 1 is 1.29 bits per heavy atom. The molecule has 0 amide bonds. The average Bonchev–Trinajstić information content (AvgIpc) is 2.59. The molecule has 1 saturated heterocycles. The lowest BCUT2D eigenvalue weighted by Crippen LogP contribution is -2.38. The van der Waals surface area contributed by atoms with Gasteiger partial charge in [-0.25, -0.2) is 0 Å². The molecule has 0 radical (unpaired) electrons. The Labute approximate surface area is 111 Å². The molecule has 1 aliphatic heterocycles. The summed E-state index contributed by atoms with van der Waals surface area (Å²) in [5, 5.41) is 4.38. The molecule has 5 heteroatoms. The van der Waals surface area contributed by atoms with E-state index in [1.165, 1.54) is 0 Å². The Kier molecular flexibility index (Phi) is 4.28. The normalized spacial score (nSPS) is 25.6. The van der Waals surface area contributed by atoms with Crippen LogP contribution in [0.5, 0.6) is 0 Å². The maximum atomic E-state index is 6.05. The summed E-state index contributed by atoms with van der Waals surface area (Å²) < 4.78 is 5.93. The molecule has 1 unspecified atom stereocenters. The van der Waals surface area contributed by atoms with Crippen LogP contribution < -0.4 is 11.1 Å². The molecule has 1 fully saturated rings. The zero-order chi connectivity index (χ0) is 12.3. The summed E-state index contributed by atoms with van der Waals surface area (Å²) in [6, 6.07) is 5.58. The molecular formula is C12H16Cl2N2O. The second-order valence-corrected chi connectivity index (χ2v) is 4.99. The van der Waals surface area contributed by atoms with Crippen molar-refractivity contribution in [2.75, 3.05) is 26.2 Å². The summed E-state index contributed by atoms with van der Waals surface area (Å²) in [5.74, 6) is 0. The predicted octanol–water partition coefficient (Wildman–Crippen LogP) is 2.16. The highest BCUT2D eigenvalue weighted by atomic mass is 35.5. The maximum Gasteiger partial charge on any atom is 0.107 e. The number of hydrogen-bond acceptors (Lipinski definition) is 3. The zero-order valence-electron chi connectivity index (χ0n) is 9.51. The highest BCUT2D eigenvalue weighted by molar-refractivity contribution is 6.42. The van der Waals surface area contributed by atoms with Crippen LogP contribution in [0.4, 0.5) is 0 Å². The van der Waals surface area contributed by atoms with Gasteiger partial charge < -0.3 is 15.8 Å². The molecule has 0 bridgehead atoms. The van der Waals surface area contributed by atoms with Crippen molar-refractivity contribution in [1.82, 2.24) is 5.32 Å². The molecule has 1 aliphatic rings. The summed E-state index contributed by atoms with van der Waals surface area (Å²) in [5.41, 5.74) is 6.45. The number of benzene rings is 1. The standard InChI is InChI=1S/C12H16Cl2N2O/c13-10-2-1-9(7-11(10)14)12(8-15)3-4-16-5-6-17-12/h1-2,7,16H,3-6,8,15H2. The fourth-order valence-electron chi connectivity index (χ4n) is 2.09. The van der Waals surface area contributed by atoms with E-state index >= 15 is 0 Å². The van der Waals surface area contributed by atoms with E-state index in [9.17, 15) is 0 Å². The molecule has 1 aromatic rings. The third-order valence-corrected chi connectivity index (χ3v) is 3.88. The molecule has 17 heavy (non-hydrogen) atoms. The lowest BCUT2D eigenvalue weighted by molar-refractivity contribution is -0.0355. The molecule has 3 nitrogen and oxygen atoms in total. The van der Waals surface area contributed by atoms with Crippen LogP contribution in [-0.2, 0) is 10.3 Å². The monoisotopic (exact) mass is 274 g/mol. The first-order valence-electron chi connectivity index (χ1n) is 5.68. The van der Waals surface area contributed by atoms with Gasteiger partial charge in [0.15, 0.2) is 0 Å². The minimum atomic E-state index is -0.447. The van der Waals surface area contributed by atoms with Crippen molar-refractivity contribution < 1.29 is 4.74 Å². The largest absolute Gasteiger partial charge is 0.368 e. The Morgan fingerprint density at radius 3 is 2.82 bits per heavy atom. The second kappa shape index (κ2) is 5.55. The SMILES string of the molecule is NCC1(c2ccc(Cl)c(Cl)c2)CCNCCO1. The van der Waals surface area contributed by atoms with E-state index < -0.39 is 5.60 Å². The highest BCUT2D eigenvalue weighted by Crippen LogP contribution is 2.33. The fourth-order valence-corrected chi connectivity index (χ4v) is 2.39. The third-order valence-electron chi connectivity index (χ3n) is 3.14. The van der Waals surface area contributed by atoms with Crippen LogP contribution in [0.2, 0.25) is 10.0 Å². The van der Waals surface area contributed by atoms with Crippen LogP contribution in [0.3, 0.4) is 0 Å². The van der Waals surface area contributed by atoms with Crippen LogP contribution in [0.25, 0.3) is 0 Å².